The Morgan fingerprint density at radius 3 is 2.84 bits per heavy atom. The van der Waals surface area contributed by atoms with Gasteiger partial charge in [-0.3, -0.25) is 4.79 Å². The van der Waals surface area contributed by atoms with E-state index in [4.69, 9.17) is 0 Å². The fraction of sp³-hybridized carbons (Fsp3) is 0.533. The highest BCUT2D eigenvalue weighted by atomic mass is 32.2. The Morgan fingerprint density at radius 1 is 1.26 bits per heavy atom. The van der Waals surface area contributed by atoms with E-state index in [0.717, 1.165) is 32.1 Å². The molecule has 1 aromatic carbocycles. The molecule has 1 fully saturated rings. The summed E-state index contributed by atoms with van der Waals surface area (Å²) in [5.74, 6) is 0.0761. The van der Waals surface area contributed by atoms with Crippen LogP contribution in [0.1, 0.15) is 31.2 Å². The lowest BCUT2D eigenvalue weighted by molar-refractivity contribution is -0.122. The lowest BCUT2D eigenvalue weighted by atomic mass is 9.92. The Morgan fingerprint density at radius 2 is 2.05 bits per heavy atom. The smallest absolute Gasteiger partial charge is 0.234 e. The van der Waals surface area contributed by atoms with E-state index in [-0.39, 0.29) is 23.3 Å². The molecule has 19 heavy (non-hydrogen) atoms. The van der Waals surface area contributed by atoms with Crippen LogP contribution in [-0.4, -0.2) is 28.4 Å². The van der Waals surface area contributed by atoms with E-state index in [9.17, 15) is 9.90 Å². The zero-order valence-electron chi connectivity index (χ0n) is 10.8. The van der Waals surface area contributed by atoms with Crippen LogP contribution in [0.25, 0.3) is 0 Å². The Hall–Kier alpha value is -1.00. The second-order valence-corrected chi connectivity index (χ2v) is 6.63. The summed E-state index contributed by atoms with van der Waals surface area (Å²) in [6.07, 6.45) is 4.30. The molecule has 0 bridgehead atoms. The van der Waals surface area contributed by atoms with Gasteiger partial charge in [0.15, 0.2) is 0 Å². The molecule has 1 amide bonds. The monoisotopic (exact) mass is 277 g/mol. The first kappa shape index (κ1) is 13.0. The topological polar surface area (TPSA) is 49.3 Å². The number of nitrogens with one attached hydrogen (secondary N) is 1. The van der Waals surface area contributed by atoms with Crippen LogP contribution in [0.2, 0.25) is 0 Å². The highest BCUT2D eigenvalue weighted by molar-refractivity contribution is 8.01. The molecular weight excluding hydrogens is 258 g/mol. The number of hydrogen-bond acceptors (Lipinski definition) is 3. The molecule has 0 spiro atoms. The second kappa shape index (κ2) is 5.55. The predicted molar refractivity (Wildman–Crippen MR) is 76.2 cm³/mol. The van der Waals surface area contributed by atoms with Crippen LogP contribution in [-0.2, 0) is 11.2 Å². The maximum Gasteiger partial charge on any atom is 0.234 e. The van der Waals surface area contributed by atoms with Crippen LogP contribution in [0.15, 0.2) is 29.2 Å². The third-order valence-corrected chi connectivity index (χ3v) is 5.31. The maximum absolute atomic E-state index is 12.3. The number of hydrogen-bond donors (Lipinski definition) is 2. The van der Waals surface area contributed by atoms with E-state index in [2.05, 4.69) is 17.4 Å². The molecule has 102 valence electrons. The van der Waals surface area contributed by atoms with Crippen molar-refractivity contribution in [1.29, 1.82) is 0 Å². The van der Waals surface area contributed by atoms with Crippen LogP contribution in [0.5, 0.6) is 0 Å². The minimum atomic E-state index is -0.369. The van der Waals surface area contributed by atoms with Crippen molar-refractivity contribution >= 4 is 17.7 Å². The van der Waals surface area contributed by atoms with Gasteiger partial charge in [-0.25, -0.2) is 0 Å². The van der Waals surface area contributed by atoms with Crippen molar-refractivity contribution in [1.82, 2.24) is 5.32 Å². The van der Waals surface area contributed by atoms with Crippen molar-refractivity contribution in [2.24, 2.45) is 0 Å². The summed E-state index contributed by atoms with van der Waals surface area (Å²) in [5, 5.41) is 12.9. The largest absolute Gasteiger partial charge is 0.391 e. The van der Waals surface area contributed by atoms with Gasteiger partial charge in [-0.1, -0.05) is 31.0 Å². The molecule has 0 saturated heterocycles. The number of benzene rings is 1. The zero-order valence-corrected chi connectivity index (χ0v) is 11.7. The van der Waals surface area contributed by atoms with Crippen molar-refractivity contribution in [2.75, 3.05) is 0 Å². The standard InChI is InChI=1S/C15H19NO2S/c17-12-7-3-2-6-11(12)16-15(18)14-9-10-5-1-4-8-13(10)19-14/h1,4-5,8,11-12,14,17H,2-3,6-7,9H2,(H,16,18). The molecular formula is C15H19NO2S. The zero-order chi connectivity index (χ0) is 13.2. The van der Waals surface area contributed by atoms with E-state index < -0.39 is 0 Å². The minimum absolute atomic E-state index is 0.0356. The maximum atomic E-state index is 12.3. The average Bonchev–Trinajstić information content (AvgIpc) is 2.85. The van der Waals surface area contributed by atoms with Gasteiger partial charge in [0, 0.05) is 4.90 Å². The molecule has 2 N–H and O–H groups in total. The Bertz CT molecular complexity index is 452. The lowest BCUT2D eigenvalue weighted by Crippen LogP contribution is -2.47. The summed E-state index contributed by atoms with van der Waals surface area (Å²) in [7, 11) is 0. The number of carbonyl (C=O) groups is 1. The van der Waals surface area contributed by atoms with E-state index >= 15 is 0 Å². The second-order valence-electron chi connectivity index (χ2n) is 5.39. The van der Waals surface area contributed by atoms with Crippen LogP contribution >= 0.6 is 11.8 Å². The number of fused-ring (bicyclic) bond motifs is 1. The van der Waals surface area contributed by atoms with Gasteiger partial charge >= 0.3 is 0 Å². The molecule has 1 heterocycles. The summed E-state index contributed by atoms with van der Waals surface area (Å²) >= 11 is 1.64. The van der Waals surface area contributed by atoms with Crippen molar-refractivity contribution in [2.45, 2.75) is 54.4 Å². The Kier molecular flexibility index (Phi) is 3.80. The molecule has 3 unspecified atom stereocenters. The fourth-order valence-electron chi connectivity index (χ4n) is 2.88. The Labute approximate surface area is 117 Å². The van der Waals surface area contributed by atoms with Crippen LogP contribution < -0.4 is 5.32 Å². The summed E-state index contributed by atoms with van der Waals surface area (Å²) in [6.45, 7) is 0. The quantitative estimate of drug-likeness (QED) is 0.870. The molecule has 0 radical (unpaired) electrons. The van der Waals surface area contributed by atoms with Crippen LogP contribution in [0, 0.1) is 0 Å². The fourth-order valence-corrected chi connectivity index (χ4v) is 4.09. The van der Waals surface area contributed by atoms with Crippen molar-refractivity contribution in [3.05, 3.63) is 29.8 Å². The first-order valence-electron chi connectivity index (χ1n) is 6.97. The highest BCUT2D eigenvalue weighted by Crippen LogP contribution is 2.37. The summed E-state index contributed by atoms with van der Waals surface area (Å²) in [5.41, 5.74) is 1.26. The SMILES string of the molecule is O=C(NC1CCCCC1O)C1Cc2ccccc2S1. The summed E-state index contributed by atoms with van der Waals surface area (Å²) in [6, 6.07) is 8.14. The predicted octanol–water partition coefficient (Wildman–Crippen LogP) is 2.12. The van der Waals surface area contributed by atoms with Crippen molar-refractivity contribution in [3.63, 3.8) is 0 Å². The average molecular weight is 277 g/mol. The van der Waals surface area contributed by atoms with E-state index in [1.54, 1.807) is 11.8 Å². The number of thioether (sulfide) groups is 1. The molecule has 3 rings (SSSR count). The number of aliphatic hydroxyl groups is 1. The van der Waals surface area contributed by atoms with E-state index in [1.165, 1.54) is 10.5 Å². The molecule has 1 aromatic rings. The number of rotatable bonds is 2. The third-order valence-electron chi connectivity index (χ3n) is 4.00. The number of aliphatic hydroxyl groups excluding tert-OH is 1. The minimum Gasteiger partial charge on any atom is -0.391 e. The van der Waals surface area contributed by atoms with Crippen LogP contribution in [0.4, 0.5) is 0 Å². The summed E-state index contributed by atoms with van der Waals surface area (Å²) in [4.78, 5) is 13.5. The highest BCUT2D eigenvalue weighted by Gasteiger charge is 2.31. The first-order chi connectivity index (χ1) is 9.24. The van der Waals surface area contributed by atoms with Gasteiger partial charge in [-0.2, -0.15) is 0 Å². The van der Waals surface area contributed by atoms with Gasteiger partial charge in [-0.05, 0) is 30.9 Å². The summed E-state index contributed by atoms with van der Waals surface area (Å²) < 4.78 is 0. The molecule has 1 aliphatic heterocycles. The van der Waals surface area contributed by atoms with Gasteiger partial charge in [0.1, 0.15) is 0 Å². The van der Waals surface area contributed by atoms with Crippen molar-refractivity contribution in [3.8, 4) is 0 Å². The first-order valence-corrected chi connectivity index (χ1v) is 7.85. The molecule has 1 saturated carbocycles. The molecule has 2 aliphatic rings. The van der Waals surface area contributed by atoms with Gasteiger partial charge < -0.3 is 10.4 Å². The lowest BCUT2D eigenvalue weighted by Gasteiger charge is -2.29. The molecule has 3 nitrogen and oxygen atoms in total. The molecule has 3 atom stereocenters. The van der Waals surface area contributed by atoms with Crippen LogP contribution in [0.3, 0.4) is 0 Å². The third kappa shape index (κ3) is 2.79. The normalized spacial score (nSPS) is 29.8. The molecule has 4 heteroatoms. The van der Waals surface area contributed by atoms with E-state index in [0.29, 0.717) is 0 Å². The Balaban J connectivity index is 1.60. The van der Waals surface area contributed by atoms with Crippen molar-refractivity contribution < 1.29 is 9.90 Å². The molecule has 1 aliphatic carbocycles. The van der Waals surface area contributed by atoms with Gasteiger partial charge in [-0.15, -0.1) is 11.8 Å². The van der Waals surface area contributed by atoms with Gasteiger partial charge in [0.25, 0.3) is 0 Å². The van der Waals surface area contributed by atoms with Gasteiger partial charge in [0.2, 0.25) is 5.91 Å². The molecule has 0 aromatic heterocycles. The van der Waals surface area contributed by atoms with Gasteiger partial charge in [0.05, 0.1) is 17.4 Å². The van der Waals surface area contributed by atoms with E-state index in [1.807, 2.05) is 12.1 Å². The number of amides is 1. The number of carbonyl (C=O) groups excluding carboxylic acids is 1.